The second-order valence-corrected chi connectivity index (χ2v) is 5.53. The van der Waals surface area contributed by atoms with Crippen LogP contribution in [0, 0.1) is 0 Å². The van der Waals surface area contributed by atoms with E-state index >= 15 is 0 Å². The minimum Gasteiger partial charge on any atom is -0.457 e. The Morgan fingerprint density at radius 2 is 1.90 bits per heavy atom. The summed E-state index contributed by atoms with van der Waals surface area (Å²) in [6.07, 6.45) is 1.03. The monoisotopic (exact) mass is 333 g/mol. The Labute approximate surface area is 129 Å². The number of rotatable bonds is 6. The van der Waals surface area contributed by atoms with Crippen LogP contribution in [0.1, 0.15) is 31.9 Å². The lowest BCUT2D eigenvalue weighted by Gasteiger charge is -2.20. The van der Waals surface area contributed by atoms with Gasteiger partial charge in [0.15, 0.2) is 0 Å². The number of nitrogens with one attached hydrogen (secondary N) is 1. The highest BCUT2D eigenvalue weighted by atomic mass is 79.9. The van der Waals surface area contributed by atoms with Crippen LogP contribution in [0.2, 0.25) is 0 Å². The topological polar surface area (TPSA) is 21.3 Å². The van der Waals surface area contributed by atoms with Crippen molar-refractivity contribution < 1.29 is 4.74 Å². The van der Waals surface area contributed by atoms with Crippen molar-refractivity contribution in [3.05, 3.63) is 58.6 Å². The highest BCUT2D eigenvalue weighted by molar-refractivity contribution is 9.10. The summed E-state index contributed by atoms with van der Waals surface area (Å²) < 4.78 is 7.07. The van der Waals surface area contributed by atoms with Crippen molar-refractivity contribution in [2.45, 2.75) is 26.3 Å². The molecule has 0 spiro atoms. The second kappa shape index (κ2) is 7.46. The third kappa shape index (κ3) is 3.84. The molecule has 1 unspecified atom stereocenters. The van der Waals surface area contributed by atoms with Gasteiger partial charge >= 0.3 is 0 Å². The fraction of sp³-hybridized carbons (Fsp3) is 0.294. The number of hydrogen-bond donors (Lipinski definition) is 1. The van der Waals surface area contributed by atoms with Crippen LogP contribution >= 0.6 is 15.9 Å². The Morgan fingerprint density at radius 1 is 1.10 bits per heavy atom. The lowest BCUT2D eigenvalue weighted by Crippen LogP contribution is -2.20. The first-order valence-corrected chi connectivity index (χ1v) is 7.79. The molecule has 2 aromatic rings. The SMILES string of the molecule is CCNC(CC)c1ccccc1Oc1cccc(Br)c1. The van der Waals surface area contributed by atoms with Crippen molar-refractivity contribution in [1.82, 2.24) is 5.32 Å². The third-order valence-corrected chi connectivity index (χ3v) is 3.67. The average molecular weight is 334 g/mol. The van der Waals surface area contributed by atoms with Crippen molar-refractivity contribution in [3.63, 3.8) is 0 Å². The molecule has 1 N–H and O–H groups in total. The van der Waals surface area contributed by atoms with Gasteiger partial charge in [-0.15, -0.1) is 0 Å². The van der Waals surface area contributed by atoms with Crippen molar-refractivity contribution >= 4 is 15.9 Å². The molecular weight excluding hydrogens is 314 g/mol. The van der Waals surface area contributed by atoms with Crippen LogP contribution < -0.4 is 10.1 Å². The molecule has 0 heterocycles. The van der Waals surface area contributed by atoms with Gasteiger partial charge in [-0.3, -0.25) is 0 Å². The minimum absolute atomic E-state index is 0.323. The molecular formula is C17H20BrNO. The summed E-state index contributed by atoms with van der Waals surface area (Å²) in [7, 11) is 0. The molecule has 0 saturated heterocycles. The summed E-state index contributed by atoms with van der Waals surface area (Å²) in [6.45, 7) is 5.26. The summed E-state index contributed by atoms with van der Waals surface area (Å²) in [5.41, 5.74) is 1.21. The summed E-state index contributed by atoms with van der Waals surface area (Å²) in [6, 6.07) is 16.5. The number of ether oxygens (including phenoxy) is 1. The van der Waals surface area contributed by atoms with Gasteiger partial charge in [-0.2, -0.15) is 0 Å². The molecule has 2 rings (SSSR count). The molecule has 0 saturated carbocycles. The van der Waals surface area contributed by atoms with Crippen molar-refractivity contribution in [3.8, 4) is 11.5 Å². The van der Waals surface area contributed by atoms with Crippen LogP contribution in [-0.2, 0) is 0 Å². The smallest absolute Gasteiger partial charge is 0.132 e. The molecule has 0 aromatic heterocycles. The maximum Gasteiger partial charge on any atom is 0.132 e. The van der Waals surface area contributed by atoms with Crippen LogP contribution in [0.25, 0.3) is 0 Å². The third-order valence-electron chi connectivity index (χ3n) is 3.18. The molecule has 2 nitrogen and oxygen atoms in total. The number of benzene rings is 2. The van der Waals surface area contributed by atoms with E-state index in [1.807, 2.05) is 36.4 Å². The first-order valence-electron chi connectivity index (χ1n) is 7.00. The Balaban J connectivity index is 2.27. The van der Waals surface area contributed by atoms with Gasteiger partial charge in [0.1, 0.15) is 11.5 Å². The van der Waals surface area contributed by atoms with Gasteiger partial charge in [0.25, 0.3) is 0 Å². The van der Waals surface area contributed by atoms with E-state index in [0.717, 1.165) is 28.9 Å². The quantitative estimate of drug-likeness (QED) is 0.774. The Hall–Kier alpha value is -1.32. The molecule has 20 heavy (non-hydrogen) atoms. The number of halogens is 1. The molecule has 106 valence electrons. The lowest BCUT2D eigenvalue weighted by atomic mass is 10.0. The zero-order valence-corrected chi connectivity index (χ0v) is 13.5. The van der Waals surface area contributed by atoms with E-state index in [1.165, 1.54) is 5.56 Å². The molecule has 0 radical (unpaired) electrons. The van der Waals surface area contributed by atoms with Gasteiger partial charge < -0.3 is 10.1 Å². The summed E-state index contributed by atoms with van der Waals surface area (Å²) in [5, 5.41) is 3.50. The zero-order valence-electron chi connectivity index (χ0n) is 11.9. The zero-order chi connectivity index (χ0) is 14.4. The fourth-order valence-electron chi connectivity index (χ4n) is 2.24. The van der Waals surface area contributed by atoms with Gasteiger partial charge in [-0.1, -0.05) is 54.0 Å². The molecule has 1 atom stereocenters. The average Bonchev–Trinajstić information content (AvgIpc) is 2.46. The molecule has 3 heteroatoms. The standard InChI is InChI=1S/C17H20BrNO/c1-3-16(19-4-2)15-10-5-6-11-17(15)20-14-9-7-8-13(18)12-14/h5-12,16,19H,3-4H2,1-2H3. The van der Waals surface area contributed by atoms with Crippen LogP contribution in [0.5, 0.6) is 11.5 Å². The van der Waals surface area contributed by atoms with Crippen LogP contribution in [0.4, 0.5) is 0 Å². The van der Waals surface area contributed by atoms with Crippen molar-refractivity contribution in [2.24, 2.45) is 0 Å². The van der Waals surface area contributed by atoms with E-state index in [4.69, 9.17) is 4.74 Å². The van der Waals surface area contributed by atoms with Crippen molar-refractivity contribution in [1.29, 1.82) is 0 Å². The van der Waals surface area contributed by atoms with E-state index < -0.39 is 0 Å². The summed E-state index contributed by atoms with van der Waals surface area (Å²) in [4.78, 5) is 0. The van der Waals surface area contributed by atoms with E-state index in [2.05, 4.69) is 47.2 Å². The van der Waals surface area contributed by atoms with Crippen LogP contribution in [-0.4, -0.2) is 6.54 Å². The highest BCUT2D eigenvalue weighted by Gasteiger charge is 2.13. The maximum atomic E-state index is 6.05. The molecule has 0 fully saturated rings. The van der Waals surface area contributed by atoms with Gasteiger partial charge in [-0.25, -0.2) is 0 Å². The Bertz CT molecular complexity index is 556. The molecule has 0 aliphatic heterocycles. The van der Waals surface area contributed by atoms with Gasteiger partial charge in [0.05, 0.1) is 0 Å². The molecule has 0 amide bonds. The number of hydrogen-bond acceptors (Lipinski definition) is 2. The predicted octanol–water partition coefficient (Wildman–Crippen LogP) is 5.30. The largest absolute Gasteiger partial charge is 0.457 e. The van der Waals surface area contributed by atoms with Crippen LogP contribution in [0.3, 0.4) is 0 Å². The van der Waals surface area contributed by atoms with E-state index in [-0.39, 0.29) is 0 Å². The lowest BCUT2D eigenvalue weighted by molar-refractivity contribution is 0.452. The van der Waals surface area contributed by atoms with Gasteiger partial charge in [0, 0.05) is 16.1 Å². The molecule has 0 aliphatic carbocycles. The first-order chi connectivity index (χ1) is 9.74. The number of para-hydroxylation sites is 1. The molecule has 0 aliphatic rings. The summed E-state index contributed by atoms with van der Waals surface area (Å²) >= 11 is 3.47. The minimum atomic E-state index is 0.323. The molecule has 0 bridgehead atoms. The van der Waals surface area contributed by atoms with Crippen molar-refractivity contribution in [2.75, 3.05) is 6.54 Å². The predicted molar refractivity (Wildman–Crippen MR) is 87.4 cm³/mol. The van der Waals surface area contributed by atoms with Crippen LogP contribution in [0.15, 0.2) is 53.0 Å². The normalized spacial score (nSPS) is 12.2. The van der Waals surface area contributed by atoms with E-state index in [9.17, 15) is 0 Å². The Kier molecular flexibility index (Phi) is 5.62. The maximum absolute atomic E-state index is 6.05. The van der Waals surface area contributed by atoms with E-state index in [1.54, 1.807) is 0 Å². The first kappa shape index (κ1) is 15.1. The van der Waals surface area contributed by atoms with E-state index in [0.29, 0.717) is 6.04 Å². The van der Waals surface area contributed by atoms with Gasteiger partial charge in [0.2, 0.25) is 0 Å². The second-order valence-electron chi connectivity index (χ2n) is 4.62. The molecule has 2 aromatic carbocycles. The summed E-state index contributed by atoms with van der Waals surface area (Å²) in [5.74, 6) is 1.76. The van der Waals surface area contributed by atoms with Gasteiger partial charge in [-0.05, 0) is 37.2 Å². The highest BCUT2D eigenvalue weighted by Crippen LogP contribution is 2.31. The Morgan fingerprint density at radius 3 is 2.60 bits per heavy atom. The fourth-order valence-corrected chi connectivity index (χ4v) is 2.62.